The molecule has 2 aliphatic heterocycles. The molecule has 0 spiro atoms. The number of hydrogen-bond donors (Lipinski definition) is 2. The van der Waals surface area contributed by atoms with Crippen molar-refractivity contribution < 1.29 is 9.59 Å². The molecule has 0 saturated carbocycles. The summed E-state index contributed by atoms with van der Waals surface area (Å²) in [5, 5.41) is 6.39. The van der Waals surface area contributed by atoms with Crippen molar-refractivity contribution in [1.82, 2.24) is 15.5 Å². The molecule has 5 nitrogen and oxygen atoms in total. The maximum Gasteiger partial charge on any atom is 0.245 e. The summed E-state index contributed by atoms with van der Waals surface area (Å²) in [4.78, 5) is 27.3. The number of nitrogens with zero attached hydrogens (tertiary/aromatic N) is 1. The first-order valence-corrected chi connectivity index (χ1v) is 10.3. The molecular formula is C19H27N3O2S. The van der Waals surface area contributed by atoms with Gasteiger partial charge in [-0.1, -0.05) is 30.3 Å². The predicted octanol–water partition coefficient (Wildman–Crippen LogP) is 1.43. The Hall–Kier alpha value is -1.53. The Kier molecular flexibility index (Phi) is 6.76. The average Bonchev–Trinajstić information content (AvgIpc) is 3.17. The van der Waals surface area contributed by atoms with Gasteiger partial charge in [0.25, 0.3) is 0 Å². The van der Waals surface area contributed by atoms with Gasteiger partial charge in [-0.15, -0.1) is 0 Å². The highest BCUT2D eigenvalue weighted by Gasteiger charge is 2.28. The summed E-state index contributed by atoms with van der Waals surface area (Å²) in [5.74, 6) is 2.08. The van der Waals surface area contributed by atoms with Gasteiger partial charge in [-0.05, 0) is 18.4 Å². The van der Waals surface area contributed by atoms with Gasteiger partial charge < -0.3 is 15.5 Å². The number of benzene rings is 1. The first-order valence-electron chi connectivity index (χ1n) is 9.15. The summed E-state index contributed by atoms with van der Waals surface area (Å²) in [6.45, 7) is 2.56. The Balaban J connectivity index is 1.62. The molecule has 2 N–H and O–H groups in total. The van der Waals surface area contributed by atoms with Crippen molar-refractivity contribution in [2.24, 2.45) is 0 Å². The van der Waals surface area contributed by atoms with Crippen molar-refractivity contribution in [1.29, 1.82) is 0 Å². The zero-order valence-corrected chi connectivity index (χ0v) is 15.4. The van der Waals surface area contributed by atoms with Crippen LogP contribution in [0.25, 0.3) is 0 Å². The highest BCUT2D eigenvalue weighted by molar-refractivity contribution is 7.99. The van der Waals surface area contributed by atoms with Crippen LogP contribution in [-0.4, -0.2) is 59.9 Å². The fourth-order valence-electron chi connectivity index (χ4n) is 3.44. The number of likely N-dealkylation sites (tertiary alicyclic amines) is 1. The Morgan fingerprint density at radius 3 is 2.68 bits per heavy atom. The van der Waals surface area contributed by atoms with Crippen molar-refractivity contribution in [2.45, 2.75) is 37.8 Å². The number of hydrogen-bond acceptors (Lipinski definition) is 4. The minimum Gasteiger partial charge on any atom is -0.344 e. The van der Waals surface area contributed by atoms with Gasteiger partial charge in [-0.25, -0.2) is 0 Å². The van der Waals surface area contributed by atoms with Gasteiger partial charge in [0.2, 0.25) is 11.8 Å². The fraction of sp³-hybridized carbons (Fsp3) is 0.579. The lowest BCUT2D eigenvalue weighted by Gasteiger charge is -2.26. The van der Waals surface area contributed by atoms with Gasteiger partial charge in [-0.3, -0.25) is 9.59 Å². The Morgan fingerprint density at radius 2 is 2.00 bits per heavy atom. The van der Waals surface area contributed by atoms with E-state index in [9.17, 15) is 9.59 Å². The van der Waals surface area contributed by atoms with Crippen LogP contribution in [0.3, 0.4) is 0 Å². The van der Waals surface area contributed by atoms with Crippen molar-refractivity contribution in [3.63, 3.8) is 0 Å². The first-order chi connectivity index (χ1) is 12.2. The van der Waals surface area contributed by atoms with Crippen molar-refractivity contribution >= 4 is 23.6 Å². The maximum atomic E-state index is 12.9. The molecule has 0 aliphatic carbocycles. The van der Waals surface area contributed by atoms with Gasteiger partial charge in [0, 0.05) is 50.0 Å². The lowest BCUT2D eigenvalue weighted by atomic mass is 10.0. The normalized spacial score (nSPS) is 21.8. The average molecular weight is 362 g/mol. The lowest BCUT2D eigenvalue weighted by molar-refractivity contribution is -0.135. The molecule has 0 aromatic heterocycles. The van der Waals surface area contributed by atoms with Crippen LogP contribution in [0.2, 0.25) is 0 Å². The van der Waals surface area contributed by atoms with Crippen LogP contribution in [0.5, 0.6) is 0 Å². The molecule has 2 atom stereocenters. The lowest BCUT2D eigenvalue weighted by Crippen LogP contribution is -2.50. The molecule has 25 heavy (non-hydrogen) atoms. The highest BCUT2D eigenvalue weighted by atomic mass is 32.2. The second kappa shape index (κ2) is 9.25. The number of carbonyl (C=O) groups is 2. The molecule has 0 bridgehead atoms. The van der Waals surface area contributed by atoms with E-state index in [2.05, 4.69) is 10.6 Å². The third-order valence-electron chi connectivity index (χ3n) is 4.76. The van der Waals surface area contributed by atoms with Crippen LogP contribution in [0.1, 0.15) is 24.8 Å². The molecule has 6 heteroatoms. The van der Waals surface area contributed by atoms with E-state index in [-0.39, 0.29) is 17.9 Å². The van der Waals surface area contributed by atoms with Crippen molar-refractivity contribution in [2.75, 3.05) is 31.1 Å². The van der Waals surface area contributed by atoms with E-state index in [0.717, 1.165) is 49.5 Å². The smallest absolute Gasteiger partial charge is 0.245 e. The zero-order valence-electron chi connectivity index (χ0n) is 14.6. The number of rotatable bonds is 6. The monoisotopic (exact) mass is 361 g/mol. The van der Waals surface area contributed by atoms with Crippen molar-refractivity contribution in [3.8, 4) is 0 Å². The molecular weight excluding hydrogens is 334 g/mol. The van der Waals surface area contributed by atoms with Crippen molar-refractivity contribution in [3.05, 3.63) is 35.9 Å². The van der Waals surface area contributed by atoms with Crippen LogP contribution >= 0.6 is 11.8 Å². The SMILES string of the molecule is O=C(CC1CSCCN1)NC(Cc1ccccc1)C(=O)N1CCCC1. The van der Waals surface area contributed by atoms with E-state index in [1.807, 2.05) is 47.0 Å². The molecule has 2 heterocycles. The summed E-state index contributed by atoms with van der Waals surface area (Å²) in [6, 6.07) is 9.66. The molecule has 2 amide bonds. The Bertz CT molecular complexity index is 569. The summed E-state index contributed by atoms with van der Waals surface area (Å²) < 4.78 is 0. The molecule has 136 valence electrons. The second-order valence-corrected chi connectivity index (χ2v) is 7.92. The topological polar surface area (TPSA) is 61.4 Å². The van der Waals surface area contributed by atoms with E-state index in [1.54, 1.807) is 0 Å². The molecule has 2 unspecified atom stereocenters. The zero-order chi connectivity index (χ0) is 17.5. The summed E-state index contributed by atoms with van der Waals surface area (Å²) in [6.07, 6.45) is 3.10. The minimum absolute atomic E-state index is 0.0338. The molecule has 1 aromatic rings. The Labute approximate surface area is 153 Å². The summed E-state index contributed by atoms with van der Waals surface area (Å²) >= 11 is 1.88. The van der Waals surface area contributed by atoms with E-state index in [1.165, 1.54) is 0 Å². The Morgan fingerprint density at radius 1 is 1.24 bits per heavy atom. The summed E-state index contributed by atoms with van der Waals surface area (Å²) in [7, 11) is 0. The highest BCUT2D eigenvalue weighted by Crippen LogP contribution is 2.14. The molecule has 1 aromatic carbocycles. The number of carbonyl (C=O) groups excluding carboxylic acids is 2. The van der Waals surface area contributed by atoms with Crippen LogP contribution in [-0.2, 0) is 16.0 Å². The quantitative estimate of drug-likeness (QED) is 0.805. The molecule has 3 rings (SSSR count). The number of nitrogens with one attached hydrogen (secondary N) is 2. The number of thioether (sulfide) groups is 1. The summed E-state index contributed by atoms with van der Waals surface area (Å²) in [5.41, 5.74) is 1.08. The van der Waals surface area contributed by atoms with Crippen LogP contribution in [0.15, 0.2) is 30.3 Å². The fourth-order valence-corrected chi connectivity index (χ4v) is 4.38. The van der Waals surface area contributed by atoms with E-state index >= 15 is 0 Å². The van der Waals surface area contributed by atoms with E-state index in [0.29, 0.717) is 12.8 Å². The van der Waals surface area contributed by atoms with Crippen LogP contribution in [0.4, 0.5) is 0 Å². The van der Waals surface area contributed by atoms with Gasteiger partial charge in [0.15, 0.2) is 0 Å². The molecule has 0 radical (unpaired) electrons. The van der Waals surface area contributed by atoms with Crippen LogP contribution < -0.4 is 10.6 Å². The molecule has 2 fully saturated rings. The first kappa shape index (κ1) is 18.3. The molecule has 2 aliphatic rings. The van der Waals surface area contributed by atoms with Gasteiger partial charge in [0.05, 0.1) is 0 Å². The standard InChI is InChI=1S/C19H27N3O2S/c23-18(13-16-14-25-11-8-20-16)21-17(12-15-6-2-1-3-7-15)19(24)22-9-4-5-10-22/h1-3,6-7,16-17,20H,4-5,8-14H2,(H,21,23). The van der Waals surface area contributed by atoms with Gasteiger partial charge in [-0.2, -0.15) is 11.8 Å². The largest absolute Gasteiger partial charge is 0.344 e. The van der Waals surface area contributed by atoms with Crippen LogP contribution in [0, 0.1) is 0 Å². The second-order valence-electron chi connectivity index (χ2n) is 6.77. The minimum atomic E-state index is -0.468. The van der Waals surface area contributed by atoms with E-state index in [4.69, 9.17) is 0 Å². The van der Waals surface area contributed by atoms with Gasteiger partial charge >= 0.3 is 0 Å². The molecule has 2 saturated heterocycles. The number of amides is 2. The predicted molar refractivity (Wildman–Crippen MR) is 102 cm³/mol. The maximum absolute atomic E-state index is 12.9. The van der Waals surface area contributed by atoms with E-state index < -0.39 is 6.04 Å². The third kappa shape index (κ3) is 5.47. The van der Waals surface area contributed by atoms with Gasteiger partial charge in [0.1, 0.15) is 6.04 Å². The third-order valence-corrected chi connectivity index (χ3v) is 5.89.